The zero-order valence-corrected chi connectivity index (χ0v) is 13.5. The number of hydrogen-bond acceptors (Lipinski definition) is 2. The normalized spacial score (nSPS) is 11.7. The Balaban J connectivity index is 2.14. The molecular formula is C15H11BrCl2N2. The van der Waals surface area contributed by atoms with Crippen LogP contribution >= 0.6 is 39.1 Å². The van der Waals surface area contributed by atoms with Crippen molar-refractivity contribution in [2.24, 2.45) is 0 Å². The van der Waals surface area contributed by atoms with Crippen LogP contribution in [0.2, 0.25) is 10.0 Å². The Hall–Kier alpha value is -1.21. The molecule has 0 heterocycles. The van der Waals surface area contributed by atoms with Gasteiger partial charge in [0.05, 0.1) is 27.7 Å². The molecular weight excluding hydrogens is 359 g/mol. The van der Waals surface area contributed by atoms with Crippen molar-refractivity contribution in [3.63, 3.8) is 0 Å². The van der Waals surface area contributed by atoms with Crippen molar-refractivity contribution in [1.29, 1.82) is 5.26 Å². The summed E-state index contributed by atoms with van der Waals surface area (Å²) in [4.78, 5) is 0. The van der Waals surface area contributed by atoms with Gasteiger partial charge in [-0.2, -0.15) is 5.26 Å². The number of halogens is 3. The fourth-order valence-electron chi connectivity index (χ4n) is 1.84. The number of rotatable bonds is 4. The van der Waals surface area contributed by atoms with E-state index in [9.17, 15) is 5.26 Å². The molecule has 0 spiro atoms. The highest BCUT2D eigenvalue weighted by Gasteiger charge is 2.13. The van der Waals surface area contributed by atoms with Gasteiger partial charge in [0.25, 0.3) is 0 Å². The van der Waals surface area contributed by atoms with Crippen LogP contribution in [-0.4, -0.2) is 6.54 Å². The Labute approximate surface area is 136 Å². The van der Waals surface area contributed by atoms with E-state index in [-0.39, 0.29) is 5.92 Å². The number of benzene rings is 2. The summed E-state index contributed by atoms with van der Waals surface area (Å²) in [6, 6.07) is 15.4. The molecule has 0 saturated carbocycles. The molecule has 0 amide bonds. The van der Waals surface area contributed by atoms with E-state index in [2.05, 4.69) is 27.3 Å². The molecule has 0 bridgehead atoms. The van der Waals surface area contributed by atoms with Gasteiger partial charge < -0.3 is 5.32 Å². The number of hydrogen-bond donors (Lipinski definition) is 1. The van der Waals surface area contributed by atoms with Gasteiger partial charge in [0.15, 0.2) is 0 Å². The quantitative estimate of drug-likeness (QED) is 0.774. The first kappa shape index (κ1) is 15.2. The SMILES string of the molecule is N#CC(CNc1c(Cl)cc(Br)cc1Cl)c1ccccc1. The smallest absolute Gasteiger partial charge is 0.0885 e. The van der Waals surface area contributed by atoms with Crippen LogP contribution in [0, 0.1) is 11.3 Å². The molecule has 20 heavy (non-hydrogen) atoms. The van der Waals surface area contributed by atoms with Crippen LogP contribution < -0.4 is 5.32 Å². The van der Waals surface area contributed by atoms with Gasteiger partial charge in [-0.05, 0) is 17.7 Å². The predicted molar refractivity (Wildman–Crippen MR) is 87.4 cm³/mol. The molecule has 102 valence electrons. The van der Waals surface area contributed by atoms with Crippen LogP contribution in [0.4, 0.5) is 5.69 Å². The third kappa shape index (κ3) is 3.67. The van der Waals surface area contributed by atoms with Gasteiger partial charge in [0.1, 0.15) is 0 Å². The maximum Gasteiger partial charge on any atom is 0.0885 e. The van der Waals surface area contributed by atoms with Crippen LogP contribution in [0.5, 0.6) is 0 Å². The average molecular weight is 370 g/mol. The monoisotopic (exact) mass is 368 g/mol. The van der Waals surface area contributed by atoms with Gasteiger partial charge in [0.2, 0.25) is 0 Å². The van der Waals surface area contributed by atoms with Crippen molar-refractivity contribution < 1.29 is 0 Å². The highest BCUT2D eigenvalue weighted by atomic mass is 79.9. The largest absolute Gasteiger partial charge is 0.381 e. The van der Waals surface area contributed by atoms with Gasteiger partial charge in [-0.25, -0.2) is 0 Å². The standard InChI is InChI=1S/C15H11BrCl2N2/c16-12-6-13(17)15(14(18)7-12)20-9-11(8-19)10-4-2-1-3-5-10/h1-7,11,20H,9H2. The van der Waals surface area contributed by atoms with Crippen molar-refractivity contribution in [2.45, 2.75) is 5.92 Å². The summed E-state index contributed by atoms with van der Waals surface area (Å²) in [5.74, 6) is -0.257. The van der Waals surface area contributed by atoms with E-state index in [0.717, 1.165) is 10.0 Å². The Kier molecular flexibility index (Phi) is 5.31. The van der Waals surface area contributed by atoms with E-state index in [0.29, 0.717) is 22.3 Å². The minimum Gasteiger partial charge on any atom is -0.381 e. The summed E-state index contributed by atoms with van der Waals surface area (Å²) in [5.41, 5.74) is 1.61. The lowest BCUT2D eigenvalue weighted by atomic mass is 10.0. The van der Waals surface area contributed by atoms with Gasteiger partial charge in [-0.1, -0.05) is 69.5 Å². The van der Waals surface area contributed by atoms with Gasteiger partial charge in [-0.3, -0.25) is 0 Å². The molecule has 5 heteroatoms. The molecule has 0 aliphatic rings. The fraction of sp³-hybridized carbons (Fsp3) is 0.133. The summed E-state index contributed by atoms with van der Waals surface area (Å²) >= 11 is 15.6. The molecule has 2 rings (SSSR count). The summed E-state index contributed by atoms with van der Waals surface area (Å²) in [6.07, 6.45) is 0. The van der Waals surface area contributed by atoms with Crippen molar-refractivity contribution in [3.05, 3.63) is 62.5 Å². The maximum absolute atomic E-state index is 9.28. The molecule has 0 aliphatic heterocycles. The van der Waals surface area contributed by atoms with Crippen LogP contribution in [-0.2, 0) is 0 Å². The molecule has 2 nitrogen and oxygen atoms in total. The Morgan fingerprint density at radius 2 is 1.75 bits per heavy atom. The van der Waals surface area contributed by atoms with Crippen LogP contribution in [0.1, 0.15) is 11.5 Å². The molecule has 2 aromatic carbocycles. The van der Waals surface area contributed by atoms with Crippen molar-refractivity contribution in [2.75, 3.05) is 11.9 Å². The Morgan fingerprint density at radius 3 is 2.30 bits per heavy atom. The average Bonchev–Trinajstić information content (AvgIpc) is 2.43. The van der Waals surface area contributed by atoms with Crippen molar-refractivity contribution in [1.82, 2.24) is 0 Å². The third-order valence-corrected chi connectivity index (χ3v) is 3.90. The molecule has 2 aromatic rings. The lowest BCUT2D eigenvalue weighted by Crippen LogP contribution is -2.11. The highest BCUT2D eigenvalue weighted by Crippen LogP contribution is 2.34. The second-order valence-electron chi connectivity index (χ2n) is 4.22. The fourth-order valence-corrected chi connectivity index (χ4v) is 3.18. The number of nitrogens with zero attached hydrogens (tertiary/aromatic N) is 1. The Bertz CT molecular complexity index is 615. The first-order chi connectivity index (χ1) is 9.61. The van der Waals surface area contributed by atoms with Gasteiger partial charge in [0, 0.05) is 11.0 Å². The first-order valence-corrected chi connectivity index (χ1v) is 7.49. The van der Waals surface area contributed by atoms with Gasteiger partial charge >= 0.3 is 0 Å². The minimum absolute atomic E-state index is 0.257. The van der Waals surface area contributed by atoms with Crippen molar-refractivity contribution in [3.8, 4) is 6.07 Å². The van der Waals surface area contributed by atoms with Crippen LogP contribution in [0.25, 0.3) is 0 Å². The second-order valence-corrected chi connectivity index (χ2v) is 5.95. The van der Waals surface area contributed by atoms with E-state index in [1.165, 1.54) is 0 Å². The van der Waals surface area contributed by atoms with Gasteiger partial charge in [-0.15, -0.1) is 0 Å². The number of nitrogens with one attached hydrogen (secondary N) is 1. The molecule has 1 unspecified atom stereocenters. The molecule has 0 aliphatic carbocycles. The maximum atomic E-state index is 9.28. The van der Waals surface area contributed by atoms with E-state index in [1.54, 1.807) is 12.1 Å². The van der Waals surface area contributed by atoms with E-state index in [1.807, 2.05) is 30.3 Å². The number of nitriles is 1. The first-order valence-electron chi connectivity index (χ1n) is 5.95. The van der Waals surface area contributed by atoms with Crippen molar-refractivity contribution >= 4 is 44.8 Å². The highest BCUT2D eigenvalue weighted by molar-refractivity contribution is 9.10. The lowest BCUT2D eigenvalue weighted by Gasteiger charge is -2.14. The minimum atomic E-state index is -0.257. The zero-order valence-electron chi connectivity index (χ0n) is 10.4. The summed E-state index contributed by atoms with van der Waals surface area (Å²) < 4.78 is 0.818. The summed E-state index contributed by atoms with van der Waals surface area (Å²) in [5, 5.41) is 13.5. The second kappa shape index (κ2) is 6.99. The topological polar surface area (TPSA) is 35.8 Å². The van der Waals surface area contributed by atoms with E-state index < -0.39 is 0 Å². The predicted octanol–water partition coefficient (Wildman–Crippen LogP) is 5.48. The number of anilines is 1. The molecule has 0 radical (unpaired) electrons. The Morgan fingerprint density at radius 1 is 1.15 bits per heavy atom. The summed E-state index contributed by atoms with van der Waals surface area (Å²) in [7, 11) is 0. The molecule has 0 aromatic heterocycles. The van der Waals surface area contributed by atoms with E-state index >= 15 is 0 Å². The summed E-state index contributed by atoms with van der Waals surface area (Å²) in [6.45, 7) is 0.446. The van der Waals surface area contributed by atoms with Crippen LogP contribution in [0.15, 0.2) is 46.9 Å². The molecule has 0 saturated heterocycles. The lowest BCUT2D eigenvalue weighted by molar-refractivity contribution is 0.901. The molecule has 1 atom stereocenters. The van der Waals surface area contributed by atoms with Crippen LogP contribution in [0.3, 0.4) is 0 Å². The van der Waals surface area contributed by atoms with E-state index in [4.69, 9.17) is 23.2 Å². The molecule has 0 fully saturated rings. The third-order valence-electron chi connectivity index (χ3n) is 2.85. The zero-order chi connectivity index (χ0) is 14.5. The molecule has 1 N–H and O–H groups in total.